The third-order valence-electron chi connectivity index (χ3n) is 7.77. The molecule has 0 aliphatic carbocycles. The molecule has 3 heterocycles. The van der Waals surface area contributed by atoms with Crippen molar-refractivity contribution < 1.29 is 19.0 Å². The van der Waals surface area contributed by atoms with Crippen molar-refractivity contribution in [2.24, 2.45) is 5.41 Å². The molecule has 0 spiro atoms. The van der Waals surface area contributed by atoms with Crippen LogP contribution in [0.3, 0.4) is 0 Å². The van der Waals surface area contributed by atoms with Gasteiger partial charge in [-0.25, -0.2) is 13.8 Å². The second-order valence-electron chi connectivity index (χ2n) is 10.6. The van der Waals surface area contributed by atoms with Crippen molar-refractivity contribution in [3.63, 3.8) is 0 Å². The number of rotatable bonds is 8. The fourth-order valence-corrected chi connectivity index (χ4v) is 5.75. The van der Waals surface area contributed by atoms with Crippen molar-refractivity contribution in [1.82, 2.24) is 20.1 Å². The largest absolute Gasteiger partial charge is 0.368 e. The van der Waals surface area contributed by atoms with Gasteiger partial charge in [0.25, 0.3) is 0 Å². The van der Waals surface area contributed by atoms with Gasteiger partial charge in [0.05, 0.1) is 10.7 Å². The average molecular weight is 568 g/mol. The number of hydrogen-bond donors (Lipinski definition) is 4. The van der Waals surface area contributed by atoms with Gasteiger partial charge < -0.3 is 15.5 Å². The van der Waals surface area contributed by atoms with Gasteiger partial charge in [-0.2, -0.15) is 5.10 Å². The Kier molecular flexibility index (Phi) is 8.19. The molecule has 2 aromatic carbocycles. The van der Waals surface area contributed by atoms with Gasteiger partial charge in [-0.1, -0.05) is 54.1 Å². The van der Waals surface area contributed by atoms with Gasteiger partial charge >= 0.3 is 0 Å². The summed E-state index contributed by atoms with van der Waals surface area (Å²) in [7, 11) is 0. The zero-order valence-electron chi connectivity index (χ0n) is 22.3. The molecular formula is C30H32ClF2N5O2. The maximum absolute atomic E-state index is 16.1. The van der Waals surface area contributed by atoms with Gasteiger partial charge in [0.1, 0.15) is 11.6 Å². The van der Waals surface area contributed by atoms with Crippen molar-refractivity contribution >= 4 is 23.2 Å². The van der Waals surface area contributed by atoms with E-state index >= 15 is 4.39 Å². The zero-order valence-corrected chi connectivity index (χ0v) is 23.1. The highest BCUT2D eigenvalue weighted by atomic mass is 35.5. The Hall–Kier alpha value is -3.37. The maximum Gasteiger partial charge on any atom is 0.157 e. The Morgan fingerprint density at radius 1 is 1.10 bits per heavy atom. The van der Waals surface area contributed by atoms with Crippen LogP contribution in [0.4, 0.5) is 20.4 Å². The van der Waals surface area contributed by atoms with Crippen LogP contribution in [-0.4, -0.2) is 49.2 Å². The molecule has 0 unspecified atom stereocenters. The molecule has 1 aliphatic heterocycles. The second kappa shape index (κ2) is 11.6. The van der Waals surface area contributed by atoms with E-state index in [1.54, 1.807) is 18.2 Å². The summed E-state index contributed by atoms with van der Waals surface area (Å²) < 4.78 is 30.6. The lowest BCUT2D eigenvalue weighted by Crippen LogP contribution is -2.51. The van der Waals surface area contributed by atoms with E-state index in [0.29, 0.717) is 54.3 Å². The first-order valence-electron chi connectivity index (χ1n) is 13.2. The number of anilines is 2. The molecule has 1 saturated heterocycles. The number of aromatic amines is 1. The predicted molar refractivity (Wildman–Crippen MR) is 151 cm³/mol. The minimum absolute atomic E-state index is 0.00908. The van der Waals surface area contributed by atoms with E-state index in [1.807, 2.05) is 50.2 Å². The van der Waals surface area contributed by atoms with Gasteiger partial charge in [0.15, 0.2) is 17.9 Å². The molecule has 10 heteroatoms. The molecule has 5 rings (SSSR count). The normalized spacial score (nSPS) is 19.8. The standard InChI is InChI=1S/C30H32ClF2N5O2/c1-18-13-26(37-36-18)35-25-14-22(20-7-4-3-5-8-20)28(33)24(34-25)16-30(29(39)40)11-12-38(19(2)15-30)17-21-9-6-10-23(31)27(21)32/h3-10,13-14,19,29,39-40H,11-12,15-17H2,1-2H3,(H2,34,35,36,37)/t19-,30-/m1/s1. The third-order valence-corrected chi connectivity index (χ3v) is 8.06. The lowest BCUT2D eigenvalue weighted by atomic mass is 9.71. The highest BCUT2D eigenvalue weighted by molar-refractivity contribution is 6.30. The van der Waals surface area contributed by atoms with Crippen molar-refractivity contribution in [1.29, 1.82) is 0 Å². The number of hydrogen-bond acceptors (Lipinski definition) is 6. The van der Waals surface area contributed by atoms with E-state index in [1.165, 1.54) is 6.07 Å². The topological polar surface area (TPSA) is 97.3 Å². The van der Waals surface area contributed by atoms with Crippen LogP contribution in [0.1, 0.15) is 36.7 Å². The summed E-state index contributed by atoms with van der Waals surface area (Å²) in [5.74, 6) is -0.0301. The van der Waals surface area contributed by atoms with E-state index in [-0.39, 0.29) is 23.2 Å². The van der Waals surface area contributed by atoms with Crippen molar-refractivity contribution in [2.75, 3.05) is 11.9 Å². The predicted octanol–water partition coefficient (Wildman–Crippen LogP) is 5.98. The van der Waals surface area contributed by atoms with Crippen LogP contribution >= 0.6 is 11.6 Å². The number of piperidine rings is 1. The fourth-order valence-electron chi connectivity index (χ4n) is 5.55. The van der Waals surface area contributed by atoms with Crippen LogP contribution in [0, 0.1) is 24.0 Å². The number of nitrogens with zero attached hydrogens (tertiary/aromatic N) is 3. The van der Waals surface area contributed by atoms with Gasteiger partial charge in [-0.05, 0) is 50.9 Å². The number of aliphatic hydroxyl groups is 2. The first-order chi connectivity index (χ1) is 19.1. The summed E-state index contributed by atoms with van der Waals surface area (Å²) in [5, 5.41) is 31.5. The number of pyridine rings is 1. The molecule has 0 radical (unpaired) electrons. The van der Waals surface area contributed by atoms with Gasteiger partial charge in [0.2, 0.25) is 0 Å². The lowest BCUT2D eigenvalue weighted by Gasteiger charge is -2.46. The SMILES string of the molecule is Cc1cc(Nc2cc(-c3ccccc3)c(F)c(C[C@@]3(C(O)O)CCN(Cc4cccc(Cl)c4F)[C@H](C)C3)n2)n[nH]1. The summed E-state index contributed by atoms with van der Waals surface area (Å²) in [6.07, 6.45) is -0.984. The Balaban J connectivity index is 1.45. The molecule has 1 fully saturated rings. The first kappa shape index (κ1) is 28.2. The lowest BCUT2D eigenvalue weighted by molar-refractivity contribution is -0.162. The van der Waals surface area contributed by atoms with Crippen LogP contribution in [0.15, 0.2) is 60.7 Å². The Bertz CT molecular complexity index is 1480. The van der Waals surface area contributed by atoms with Crippen LogP contribution < -0.4 is 5.32 Å². The highest BCUT2D eigenvalue weighted by Crippen LogP contribution is 2.42. The number of benzene rings is 2. The summed E-state index contributed by atoms with van der Waals surface area (Å²) >= 11 is 5.97. The molecule has 210 valence electrons. The molecule has 40 heavy (non-hydrogen) atoms. The molecule has 0 bridgehead atoms. The average Bonchev–Trinajstić information content (AvgIpc) is 3.34. The van der Waals surface area contributed by atoms with Crippen LogP contribution in [0.2, 0.25) is 5.02 Å². The molecule has 4 N–H and O–H groups in total. The number of aliphatic hydroxyl groups excluding tert-OH is 1. The molecule has 2 aromatic heterocycles. The van der Waals surface area contributed by atoms with Crippen molar-refractivity contribution in [3.8, 4) is 11.1 Å². The fraction of sp³-hybridized carbons (Fsp3) is 0.333. The summed E-state index contributed by atoms with van der Waals surface area (Å²) in [6, 6.07) is 17.4. The Labute approximate surface area is 236 Å². The van der Waals surface area contributed by atoms with Gasteiger partial charge in [-0.3, -0.25) is 10.00 Å². The molecule has 7 nitrogen and oxygen atoms in total. The van der Waals surface area contributed by atoms with Crippen LogP contribution in [0.25, 0.3) is 11.1 Å². The third kappa shape index (κ3) is 5.88. The first-order valence-corrected chi connectivity index (χ1v) is 13.6. The minimum Gasteiger partial charge on any atom is -0.368 e. The molecule has 4 aromatic rings. The number of aryl methyl sites for hydroxylation is 1. The number of aromatic nitrogens is 3. The number of likely N-dealkylation sites (tertiary alicyclic amines) is 1. The van der Waals surface area contributed by atoms with Crippen LogP contribution in [-0.2, 0) is 13.0 Å². The van der Waals surface area contributed by atoms with Crippen molar-refractivity contribution in [3.05, 3.63) is 94.3 Å². The molecule has 0 saturated carbocycles. The molecule has 1 aliphatic rings. The van der Waals surface area contributed by atoms with E-state index in [0.717, 1.165) is 5.69 Å². The smallest absolute Gasteiger partial charge is 0.157 e. The quantitative estimate of drug-likeness (QED) is 0.196. The molecule has 0 amide bonds. The van der Waals surface area contributed by atoms with E-state index < -0.39 is 23.3 Å². The maximum atomic E-state index is 16.1. The summed E-state index contributed by atoms with van der Waals surface area (Å²) in [4.78, 5) is 6.65. The summed E-state index contributed by atoms with van der Waals surface area (Å²) in [6.45, 7) is 4.62. The van der Waals surface area contributed by atoms with E-state index in [4.69, 9.17) is 11.6 Å². The number of H-pyrrole nitrogens is 1. The summed E-state index contributed by atoms with van der Waals surface area (Å²) in [5.41, 5.74) is 1.44. The van der Waals surface area contributed by atoms with Crippen LogP contribution in [0.5, 0.6) is 0 Å². The minimum atomic E-state index is -1.70. The number of halogens is 3. The zero-order chi connectivity index (χ0) is 28.4. The molecule has 2 atom stereocenters. The monoisotopic (exact) mass is 567 g/mol. The highest BCUT2D eigenvalue weighted by Gasteiger charge is 2.44. The van der Waals surface area contributed by atoms with Crippen molar-refractivity contribution in [2.45, 2.75) is 52.0 Å². The second-order valence-corrected chi connectivity index (χ2v) is 11.0. The van der Waals surface area contributed by atoms with E-state index in [9.17, 15) is 14.6 Å². The Morgan fingerprint density at radius 2 is 1.88 bits per heavy atom. The Morgan fingerprint density at radius 3 is 2.55 bits per heavy atom. The van der Waals surface area contributed by atoms with Gasteiger partial charge in [-0.15, -0.1) is 0 Å². The van der Waals surface area contributed by atoms with Gasteiger partial charge in [0, 0.05) is 47.3 Å². The van der Waals surface area contributed by atoms with E-state index in [2.05, 4.69) is 25.4 Å². The number of nitrogens with one attached hydrogen (secondary N) is 2. The molecular weight excluding hydrogens is 536 g/mol.